The molecular formula is C51H93NO18. The molecule has 17 atom stereocenters. The molecule has 3 rings (SSSR count). The van der Waals surface area contributed by atoms with Gasteiger partial charge in [0.1, 0.15) is 73.2 Å². The number of aliphatic hydroxyl groups excluding tert-OH is 11. The molecule has 17 unspecified atom stereocenters. The van der Waals surface area contributed by atoms with Gasteiger partial charge in [0, 0.05) is 6.42 Å². The zero-order chi connectivity index (χ0) is 51.3. The Balaban J connectivity index is 1.53. The van der Waals surface area contributed by atoms with E-state index in [2.05, 4.69) is 43.5 Å². The summed E-state index contributed by atoms with van der Waals surface area (Å²) >= 11 is 0. The van der Waals surface area contributed by atoms with Crippen LogP contribution in [0.3, 0.4) is 0 Å². The van der Waals surface area contributed by atoms with Crippen molar-refractivity contribution in [2.75, 3.05) is 26.4 Å². The maximum Gasteiger partial charge on any atom is 0.220 e. The lowest BCUT2D eigenvalue weighted by molar-refractivity contribution is -0.379. The van der Waals surface area contributed by atoms with Crippen LogP contribution < -0.4 is 5.32 Å². The second-order valence-corrected chi connectivity index (χ2v) is 19.3. The topological polar surface area (TPSA) is 307 Å². The summed E-state index contributed by atoms with van der Waals surface area (Å²) in [6, 6.07) is -0.889. The van der Waals surface area contributed by atoms with Crippen LogP contribution in [0.15, 0.2) is 24.3 Å². The minimum atomic E-state index is -1.97. The first-order valence-corrected chi connectivity index (χ1v) is 26.6. The van der Waals surface area contributed by atoms with Gasteiger partial charge in [0.25, 0.3) is 0 Å². The van der Waals surface area contributed by atoms with Crippen LogP contribution in [0.2, 0.25) is 0 Å². The highest BCUT2D eigenvalue weighted by Crippen LogP contribution is 2.33. The molecule has 410 valence electrons. The fourth-order valence-electron chi connectivity index (χ4n) is 9.05. The van der Waals surface area contributed by atoms with Gasteiger partial charge in [-0.15, -0.1) is 0 Å². The average molecular weight is 1010 g/mol. The fraction of sp³-hybridized carbons (Fsp3) is 0.902. The summed E-state index contributed by atoms with van der Waals surface area (Å²) in [5.74, 6) is -0.261. The van der Waals surface area contributed by atoms with E-state index in [1.807, 2.05) is 0 Å². The highest BCUT2D eigenvalue weighted by molar-refractivity contribution is 5.76. The Hall–Kier alpha value is -1.73. The molecule has 0 aromatic rings. The minimum Gasteiger partial charge on any atom is -0.394 e. The third-order valence-electron chi connectivity index (χ3n) is 13.5. The molecule has 12 N–H and O–H groups in total. The maximum atomic E-state index is 13.2. The summed E-state index contributed by atoms with van der Waals surface area (Å²) < 4.78 is 34.1. The van der Waals surface area contributed by atoms with Gasteiger partial charge in [-0.25, -0.2) is 0 Å². The standard InChI is InChI=1S/C51H93NO18/c1-3-5-7-9-11-13-14-15-16-17-18-19-21-23-25-27-29-39(57)52-34(35(56)28-26-24-22-20-12-10-8-6-4-2)33-65-49-45(63)42(60)47(37(31-54)67-49)70-51-46(64)43(61)48(38(32-55)68-51)69-50-44(62)41(59)40(58)36(30-53)66-50/h13-14,16-17,34-38,40-51,53-56,58-64H,3-12,15,18-33H2,1-2H3,(H,52,57)/b14-13-,17-16-. The molecule has 19 nitrogen and oxygen atoms in total. The summed E-state index contributed by atoms with van der Waals surface area (Å²) in [5.41, 5.74) is 0. The predicted molar refractivity (Wildman–Crippen MR) is 259 cm³/mol. The number of aliphatic hydroxyl groups is 11. The summed E-state index contributed by atoms with van der Waals surface area (Å²) in [4.78, 5) is 13.2. The van der Waals surface area contributed by atoms with Crippen LogP contribution in [-0.4, -0.2) is 193 Å². The summed E-state index contributed by atoms with van der Waals surface area (Å²) in [6.07, 6.45) is 5.79. The molecule has 0 radical (unpaired) electrons. The first-order chi connectivity index (χ1) is 33.8. The van der Waals surface area contributed by atoms with Crippen LogP contribution in [0, 0.1) is 0 Å². The third-order valence-corrected chi connectivity index (χ3v) is 13.5. The molecular weight excluding hydrogens is 915 g/mol. The monoisotopic (exact) mass is 1010 g/mol. The number of carbonyl (C=O) groups is 1. The van der Waals surface area contributed by atoms with Crippen molar-refractivity contribution < 1.29 is 89.4 Å². The third kappa shape index (κ3) is 21.6. The summed E-state index contributed by atoms with van der Waals surface area (Å²) in [5, 5.41) is 120. The Morgan fingerprint density at radius 1 is 0.514 bits per heavy atom. The molecule has 3 aliphatic heterocycles. The van der Waals surface area contributed by atoms with E-state index in [0.717, 1.165) is 70.6 Å². The summed E-state index contributed by atoms with van der Waals surface area (Å²) in [6.45, 7) is 1.69. The van der Waals surface area contributed by atoms with Crippen LogP contribution in [-0.2, 0) is 33.2 Å². The molecule has 3 heterocycles. The van der Waals surface area contributed by atoms with E-state index in [1.165, 1.54) is 57.8 Å². The number of unbranched alkanes of at least 4 members (excludes halogenated alkanes) is 17. The molecule has 3 saturated heterocycles. The van der Waals surface area contributed by atoms with E-state index in [-0.39, 0.29) is 18.9 Å². The molecule has 0 spiro atoms. The van der Waals surface area contributed by atoms with E-state index < -0.39 is 124 Å². The van der Waals surface area contributed by atoms with E-state index in [0.29, 0.717) is 12.8 Å². The Bertz CT molecular complexity index is 1390. The summed E-state index contributed by atoms with van der Waals surface area (Å²) in [7, 11) is 0. The number of carbonyl (C=O) groups excluding carboxylic acids is 1. The van der Waals surface area contributed by atoms with Gasteiger partial charge in [-0.1, -0.05) is 134 Å². The van der Waals surface area contributed by atoms with Crippen molar-refractivity contribution in [3.05, 3.63) is 24.3 Å². The van der Waals surface area contributed by atoms with Crippen molar-refractivity contribution in [3.8, 4) is 0 Å². The molecule has 1 amide bonds. The smallest absolute Gasteiger partial charge is 0.220 e. The number of ether oxygens (including phenoxy) is 6. The molecule has 3 aliphatic rings. The Morgan fingerprint density at radius 2 is 0.943 bits per heavy atom. The van der Waals surface area contributed by atoms with Gasteiger partial charge in [-0.05, 0) is 44.9 Å². The quantitative estimate of drug-likeness (QED) is 0.0314. The van der Waals surface area contributed by atoms with Gasteiger partial charge in [0.2, 0.25) is 5.91 Å². The van der Waals surface area contributed by atoms with Crippen molar-refractivity contribution in [2.45, 2.75) is 266 Å². The normalized spacial score (nSPS) is 32.7. The molecule has 0 aromatic heterocycles. The molecule has 0 bridgehead atoms. The second kappa shape index (κ2) is 36.3. The van der Waals surface area contributed by atoms with Crippen LogP contribution in [0.5, 0.6) is 0 Å². The zero-order valence-corrected chi connectivity index (χ0v) is 42.0. The first kappa shape index (κ1) is 62.6. The molecule has 0 aliphatic carbocycles. The molecule has 0 saturated carbocycles. The number of amides is 1. The number of nitrogens with one attached hydrogen (secondary N) is 1. The number of hydrogen-bond acceptors (Lipinski definition) is 18. The molecule has 70 heavy (non-hydrogen) atoms. The predicted octanol–water partition coefficient (Wildman–Crippen LogP) is 2.42. The maximum absolute atomic E-state index is 13.2. The fourth-order valence-corrected chi connectivity index (χ4v) is 9.05. The molecule has 0 aromatic carbocycles. The number of allylic oxidation sites excluding steroid dienone is 4. The van der Waals surface area contributed by atoms with Crippen molar-refractivity contribution in [1.29, 1.82) is 0 Å². The SMILES string of the molecule is CCCCCC/C=C\C/C=C\CCCCCCCC(=O)NC(COC1OC(CO)C(OC2OC(CO)C(OC3OC(CO)C(O)C(O)C3O)C(O)C2O)C(O)C1O)C(O)CCCCCCCCCCC. The van der Waals surface area contributed by atoms with Gasteiger partial charge in [0.05, 0.1) is 38.6 Å². The molecule has 3 fully saturated rings. The van der Waals surface area contributed by atoms with Crippen LogP contribution >= 0.6 is 0 Å². The largest absolute Gasteiger partial charge is 0.394 e. The van der Waals surface area contributed by atoms with Gasteiger partial charge in [-0.2, -0.15) is 0 Å². The van der Waals surface area contributed by atoms with Crippen molar-refractivity contribution >= 4 is 5.91 Å². The lowest BCUT2D eigenvalue weighted by atomic mass is 9.96. The van der Waals surface area contributed by atoms with Crippen LogP contribution in [0.25, 0.3) is 0 Å². The lowest BCUT2D eigenvalue weighted by Gasteiger charge is -2.48. The van der Waals surface area contributed by atoms with Gasteiger partial charge in [0.15, 0.2) is 18.9 Å². The minimum absolute atomic E-state index is 0.250. The Kier molecular flexibility index (Phi) is 32.4. The number of rotatable bonds is 37. The average Bonchev–Trinajstić information content (AvgIpc) is 3.35. The van der Waals surface area contributed by atoms with Gasteiger partial charge >= 0.3 is 0 Å². The van der Waals surface area contributed by atoms with Crippen molar-refractivity contribution in [1.82, 2.24) is 5.32 Å². The van der Waals surface area contributed by atoms with E-state index >= 15 is 0 Å². The van der Waals surface area contributed by atoms with Gasteiger partial charge in [-0.3, -0.25) is 4.79 Å². The van der Waals surface area contributed by atoms with Crippen molar-refractivity contribution in [2.24, 2.45) is 0 Å². The Labute approximate surface area is 416 Å². The molecule has 19 heteroatoms. The van der Waals surface area contributed by atoms with E-state index in [4.69, 9.17) is 28.4 Å². The Morgan fingerprint density at radius 3 is 1.47 bits per heavy atom. The highest BCUT2D eigenvalue weighted by atomic mass is 16.8. The second-order valence-electron chi connectivity index (χ2n) is 19.3. The van der Waals surface area contributed by atoms with Crippen LogP contribution in [0.1, 0.15) is 162 Å². The lowest BCUT2D eigenvalue weighted by Crippen LogP contribution is -2.66. The van der Waals surface area contributed by atoms with Gasteiger partial charge < -0.3 is 89.9 Å². The van der Waals surface area contributed by atoms with E-state index in [1.54, 1.807) is 0 Å². The highest BCUT2D eigenvalue weighted by Gasteiger charge is 2.53. The van der Waals surface area contributed by atoms with Crippen molar-refractivity contribution in [3.63, 3.8) is 0 Å². The zero-order valence-electron chi connectivity index (χ0n) is 42.0. The van der Waals surface area contributed by atoms with E-state index in [9.17, 15) is 61.0 Å². The number of hydrogen-bond donors (Lipinski definition) is 12. The van der Waals surface area contributed by atoms with Crippen LogP contribution in [0.4, 0.5) is 0 Å². The first-order valence-electron chi connectivity index (χ1n) is 26.6.